The molecule has 0 bridgehead atoms. The van der Waals surface area contributed by atoms with Gasteiger partial charge in [-0.25, -0.2) is 9.18 Å². The summed E-state index contributed by atoms with van der Waals surface area (Å²) in [5.41, 5.74) is 5.24. The Morgan fingerprint density at radius 1 is 1.44 bits per heavy atom. The van der Waals surface area contributed by atoms with Crippen LogP contribution in [-0.2, 0) is 9.53 Å². The monoisotopic (exact) mass is 254 g/mol. The Morgan fingerprint density at radius 3 is 2.67 bits per heavy atom. The van der Waals surface area contributed by atoms with Crippen LogP contribution in [-0.4, -0.2) is 24.5 Å². The molecule has 0 fully saturated rings. The van der Waals surface area contributed by atoms with E-state index in [2.05, 4.69) is 5.32 Å². The fourth-order valence-electron chi connectivity index (χ4n) is 1.23. The van der Waals surface area contributed by atoms with Gasteiger partial charge in [0.1, 0.15) is 5.82 Å². The van der Waals surface area contributed by atoms with Gasteiger partial charge in [0, 0.05) is 6.04 Å². The zero-order valence-corrected chi connectivity index (χ0v) is 10.2. The molecule has 0 aliphatic rings. The zero-order chi connectivity index (χ0) is 13.7. The number of hydrogen-bond donors (Lipinski definition) is 2. The number of hydrogen-bond acceptors (Lipinski definition) is 4. The maximum absolute atomic E-state index is 13.1. The normalized spacial score (nSPS) is 10.2. The van der Waals surface area contributed by atoms with E-state index in [1.807, 2.05) is 0 Å². The Hall–Kier alpha value is -2.11. The minimum atomic E-state index is -0.771. The number of amides is 1. The molecule has 1 aromatic carbocycles. The molecule has 1 amide bonds. The molecule has 0 atom stereocenters. The highest BCUT2D eigenvalue weighted by Crippen LogP contribution is 2.12. The summed E-state index contributed by atoms with van der Waals surface area (Å²) in [6, 6.07) is 3.53. The van der Waals surface area contributed by atoms with Crippen molar-refractivity contribution in [3.63, 3.8) is 0 Å². The van der Waals surface area contributed by atoms with E-state index < -0.39 is 24.3 Å². The van der Waals surface area contributed by atoms with E-state index in [0.29, 0.717) is 0 Å². The van der Waals surface area contributed by atoms with E-state index in [1.165, 1.54) is 12.1 Å². The lowest BCUT2D eigenvalue weighted by molar-refractivity contribution is -0.124. The fraction of sp³-hybridized carbons (Fsp3) is 0.333. The van der Waals surface area contributed by atoms with Crippen molar-refractivity contribution in [3.8, 4) is 0 Å². The van der Waals surface area contributed by atoms with E-state index in [0.717, 1.165) is 6.07 Å². The quantitative estimate of drug-likeness (QED) is 0.622. The summed E-state index contributed by atoms with van der Waals surface area (Å²) in [5, 5.41) is 2.56. The fourth-order valence-corrected chi connectivity index (χ4v) is 1.23. The predicted molar refractivity (Wildman–Crippen MR) is 64.4 cm³/mol. The molecule has 98 valence electrons. The van der Waals surface area contributed by atoms with Crippen LogP contribution in [0.1, 0.15) is 24.2 Å². The van der Waals surface area contributed by atoms with Gasteiger partial charge in [-0.3, -0.25) is 4.79 Å². The molecule has 1 aromatic rings. The molecule has 5 nitrogen and oxygen atoms in total. The number of carbonyl (C=O) groups excluding carboxylic acids is 2. The number of esters is 1. The van der Waals surface area contributed by atoms with E-state index in [1.54, 1.807) is 13.8 Å². The van der Waals surface area contributed by atoms with Crippen molar-refractivity contribution in [3.05, 3.63) is 29.6 Å². The third-order valence-electron chi connectivity index (χ3n) is 2.02. The smallest absolute Gasteiger partial charge is 0.338 e. The standard InChI is InChI=1S/C12H15FN2O3/c1-7(2)15-11(16)6-18-12(17)8-3-4-10(14)9(13)5-8/h3-5,7H,6,14H2,1-2H3,(H,15,16). The largest absolute Gasteiger partial charge is 0.452 e. The molecule has 0 aliphatic heterocycles. The van der Waals surface area contributed by atoms with Gasteiger partial charge in [-0.15, -0.1) is 0 Å². The number of carbonyl (C=O) groups is 2. The van der Waals surface area contributed by atoms with E-state index in [-0.39, 0.29) is 17.3 Å². The summed E-state index contributed by atoms with van der Waals surface area (Å²) in [6.45, 7) is 3.17. The van der Waals surface area contributed by atoms with Gasteiger partial charge in [-0.1, -0.05) is 0 Å². The minimum absolute atomic E-state index is 0.0130. The lowest BCUT2D eigenvalue weighted by Gasteiger charge is -2.09. The van der Waals surface area contributed by atoms with Crippen LogP contribution in [0.15, 0.2) is 18.2 Å². The number of nitrogen functional groups attached to an aromatic ring is 1. The van der Waals surface area contributed by atoms with Crippen LogP contribution in [0.3, 0.4) is 0 Å². The molecular weight excluding hydrogens is 239 g/mol. The van der Waals surface area contributed by atoms with Crippen LogP contribution in [0, 0.1) is 5.82 Å². The number of halogens is 1. The van der Waals surface area contributed by atoms with Gasteiger partial charge in [-0.05, 0) is 32.0 Å². The molecule has 0 aromatic heterocycles. The van der Waals surface area contributed by atoms with Crippen molar-refractivity contribution < 1.29 is 18.7 Å². The highest BCUT2D eigenvalue weighted by molar-refractivity contribution is 5.91. The van der Waals surface area contributed by atoms with Gasteiger partial charge in [-0.2, -0.15) is 0 Å². The van der Waals surface area contributed by atoms with Crippen LogP contribution < -0.4 is 11.1 Å². The summed E-state index contributed by atoms with van der Waals surface area (Å²) < 4.78 is 17.8. The first kappa shape index (κ1) is 14.0. The van der Waals surface area contributed by atoms with Gasteiger partial charge in [0.05, 0.1) is 11.3 Å². The minimum Gasteiger partial charge on any atom is -0.452 e. The molecular formula is C12H15FN2O3. The van der Waals surface area contributed by atoms with Crippen molar-refractivity contribution in [1.29, 1.82) is 0 Å². The molecule has 0 spiro atoms. The number of benzene rings is 1. The van der Waals surface area contributed by atoms with Gasteiger partial charge < -0.3 is 15.8 Å². The van der Waals surface area contributed by atoms with Crippen LogP contribution in [0.25, 0.3) is 0 Å². The molecule has 0 radical (unpaired) electrons. The van der Waals surface area contributed by atoms with E-state index in [4.69, 9.17) is 10.5 Å². The molecule has 18 heavy (non-hydrogen) atoms. The summed E-state index contributed by atoms with van der Waals surface area (Å²) in [6.07, 6.45) is 0. The average Bonchev–Trinajstić information content (AvgIpc) is 2.28. The Balaban J connectivity index is 2.55. The molecule has 6 heteroatoms. The van der Waals surface area contributed by atoms with Crippen LogP contribution >= 0.6 is 0 Å². The van der Waals surface area contributed by atoms with Gasteiger partial charge in [0.25, 0.3) is 5.91 Å². The molecule has 0 saturated heterocycles. The van der Waals surface area contributed by atoms with Crippen molar-refractivity contribution >= 4 is 17.6 Å². The Morgan fingerprint density at radius 2 is 2.11 bits per heavy atom. The third kappa shape index (κ3) is 4.04. The topological polar surface area (TPSA) is 81.4 Å². The maximum atomic E-state index is 13.1. The SMILES string of the molecule is CC(C)NC(=O)COC(=O)c1ccc(N)c(F)c1. The van der Waals surface area contributed by atoms with Crippen molar-refractivity contribution in [2.24, 2.45) is 0 Å². The Labute approximate surface area is 104 Å². The summed E-state index contributed by atoms with van der Waals surface area (Å²) in [7, 11) is 0. The lowest BCUT2D eigenvalue weighted by Crippen LogP contribution is -2.34. The molecule has 0 heterocycles. The van der Waals surface area contributed by atoms with Crippen molar-refractivity contribution in [2.45, 2.75) is 19.9 Å². The number of nitrogens with two attached hydrogens (primary N) is 1. The number of anilines is 1. The zero-order valence-electron chi connectivity index (χ0n) is 10.2. The van der Waals surface area contributed by atoms with Crippen LogP contribution in [0.5, 0.6) is 0 Å². The molecule has 0 aliphatic carbocycles. The highest BCUT2D eigenvalue weighted by Gasteiger charge is 2.12. The van der Waals surface area contributed by atoms with Gasteiger partial charge >= 0.3 is 5.97 Å². The van der Waals surface area contributed by atoms with Crippen LogP contribution in [0.2, 0.25) is 0 Å². The van der Waals surface area contributed by atoms with Gasteiger partial charge in [0.15, 0.2) is 6.61 Å². The summed E-state index contributed by atoms with van der Waals surface area (Å²) in [4.78, 5) is 22.7. The molecule has 0 saturated carbocycles. The highest BCUT2D eigenvalue weighted by atomic mass is 19.1. The number of nitrogens with one attached hydrogen (secondary N) is 1. The first-order valence-electron chi connectivity index (χ1n) is 5.41. The summed E-state index contributed by atoms with van der Waals surface area (Å²) >= 11 is 0. The molecule has 0 unspecified atom stereocenters. The average molecular weight is 254 g/mol. The van der Waals surface area contributed by atoms with Crippen LogP contribution in [0.4, 0.5) is 10.1 Å². The van der Waals surface area contributed by atoms with E-state index >= 15 is 0 Å². The molecule has 3 N–H and O–H groups in total. The predicted octanol–water partition coefficient (Wildman–Crippen LogP) is 1.09. The van der Waals surface area contributed by atoms with Gasteiger partial charge in [0.2, 0.25) is 0 Å². The Bertz CT molecular complexity index is 461. The maximum Gasteiger partial charge on any atom is 0.338 e. The first-order valence-corrected chi connectivity index (χ1v) is 5.41. The van der Waals surface area contributed by atoms with Crippen molar-refractivity contribution in [2.75, 3.05) is 12.3 Å². The number of ether oxygens (including phenoxy) is 1. The lowest BCUT2D eigenvalue weighted by atomic mass is 10.2. The second-order valence-corrected chi connectivity index (χ2v) is 4.03. The Kier molecular flexibility index (Phi) is 4.65. The van der Waals surface area contributed by atoms with Crippen molar-refractivity contribution in [1.82, 2.24) is 5.32 Å². The molecule has 1 rings (SSSR count). The summed E-state index contributed by atoms with van der Waals surface area (Å²) in [5.74, 6) is -1.88. The first-order chi connectivity index (χ1) is 8.40. The third-order valence-corrected chi connectivity index (χ3v) is 2.02. The second kappa shape index (κ2) is 6.00. The number of rotatable bonds is 4. The second-order valence-electron chi connectivity index (χ2n) is 4.03. The van der Waals surface area contributed by atoms with E-state index in [9.17, 15) is 14.0 Å².